The number of benzene rings is 1. The van der Waals surface area contributed by atoms with Crippen LogP contribution in [-0.2, 0) is 14.3 Å². The number of furan rings is 1. The first-order valence-corrected chi connectivity index (χ1v) is 8.63. The highest BCUT2D eigenvalue weighted by Crippen LogP contribution is 2.24. The molecule has 1 aromatic carbocycles. The van der Waals surface area contributed by atoms with Crippen LogP contribution in [0.25, 0.3) is 6.08 Å². The Labute approximate surface area is 146 Å². The largest absolute Gasteiger partial charge is 0.452 e. The summed E-state index contributed by atoms with van der Waals surface area (Å²) in [7, 11) is 0. The minimum absolute atomic E-state index is 0.353. The molecule has 0 fully saturated rings. The van der Waals surface area contributed by atoms with Crippen molar-refractivity contribution in [2.45, 2.75) is 4.90 Å². The fraction of sp³-hybridized carbons (Fsp3) is 0.125. The van der Waals surface area contributed by atoms with E-state index in [0.717, 1.165) is 4.90 Å². The van der Waals surface area contributed by atoms with Crippen molar-refractivity contribution in [1.29, 1.82) is 0 Å². The zero-order chi connectivity index (χ0) is 16.7. The van der Waals surface area contributed by atoms with Crippen LogP contribution in [0.3, 0.4) is 0 Å². The van der Waals surface area contributed by atoms with E-state index in [4.69, 9.17) is 9.15 Å². The summed E-state index contributed by atoms with van der Waals surface area (Å²) in [6.45, 7) is -0.353. The van der Waals surface area contributed by atoms with E-state index in [1.54, 1.807) is 18.2 Å². The topological polar surface area (TPSA) is 68.5 Å². The van der Waals surface area contributed by atoms with Gasteiger partial charge in [-0.05, 0) is 52.5 Å². The molecule has 120 valence electrons. The lowest BCUT2D eigenvalue weighted by Gasteiger charge is -2.08. The Morgan fingerprint density at radius 3 is 2.78 bits per heavy atom. The van der Waals surface area contributed by atoms with Gasteiger partial charge in [0.1, 0.15) is 5.76 Å². The molecule has 0 radical (unpaired) electrons. The maximum atomic E-state index is 11.8. The Hall–Kier alpha value is -1.99. The van der Waals surface area contributed by atoms with Gasteiger partial charge in [-0.25, -0.2) is 4.79 Å². The van der Waals surface area contributed by atoms with Gasteiger partial charge >= 0.3 is 5.97 Å². The van der Waals surface area contributed by atoms with Crippen LogP contribution in [0.2, 0.25) is 0 Å². The number of esters is 1. The van der Waals surface area contributed by atoms with Crippen LogP contribution in [0.4, 0.5) is 5.69 Å². The van der Waals surface area contributed by atoms with Crippen LogP contribution in [0.5, 0.6) is 0 Å². The molecule has 0 saturated carbocycles. The molecule has 0 saturated heterocycles. The smallest absolute Gasteiger partial charge is 0.331 e. The third-order valence-electron chi connectivity index (χ3n) is 2.70. The first-order chi connectivity index (χ1) is 11.1. The summed E-state index contributed by atoms with van der Waals surface area (Å²) in [5.74, 6) is -0.507. The molecule has 1 aromatic heterocycles. The number of hydrogen-bond donors (Lipinski definition) is 1. The van der Waals surface area contributed by atoms with E-state index in [1.807, 2.05) is 24.5 Å². The van der Waals surface area contributed by atoms with Crippen molar-refractivity contribution in [3.8, 4) is 0 Å². The van der Waals surface area contributed by atoms with Gasteiger partial charge in [0, 0.05) is 11.0 Å². The molecule has 1 N–H and O–H groups in total. The summed E-state index contributed by atoms with van der Waals surface area (Å²) < 4.78 is 10.7. The second-order valence-electron chi connectivity index (χ2n) is 4.33. The normalized spacial score (nSPS) is 10.7. The van der Waals surface area contributed by atoms with E-state index in [0.29, 0.717) is 16.1 Å². The number of carbonyl (C=O) groups excluding carboxylic acids is 2. The maximum absolute atomic E-state index is 11.8. The van der Waals surface area contributed by atoms with Crippen LogP contribution in [-0.4, -0.2) is 24.7 Å². The second-order valence-corrected chi connectivity index (χ2v) is 5.96. The molecule has 0 aliphatic rings. The molecule has 0 aliphatic carbocycles. The van der Waals surface area contributed by atoms with E-state index >= 15 is 0 Å². The van der Waals surface area contributed by atoms with Crippen molar-refractivity contribution in [1.82, 2.24) is 0 Å². The molecule has 0 bridgehead atoms. The van der Waals surface area contributed by atoms with Gasteiger partial charge in [0.25, 0.3) is 5.91 Å². The van der Waals surface area contributed by atoms with Crippen molar-refractivity contribution in [2.75, 3.05) is 18.2 Å². The van der Waals surface area contributed by atoms with E-state index in [-0.39, 0.29) is 6.61 Å². The number of amides is 1. The lowest BCUT2D eigenvalue weighted by molar-refractivity contribution is -0.142. The molecule has 0 unspecified atom stereocenters. The highest BCUT2D eigenvalue weighted by Gasteiger charge is 2.08. The predicted octanol–water partition coefficient (Wildman–Crippen LogP) is 3.96. The average Bonchev–Trinajstić information content (AvgIpc) is 2.97. The summed E-state index contributed by atoms with van der Waals surface area (Å²) in [5, 5.41) is 2.71. The van der Waals surface area contributed by atoms with E-state index in [9.17, 15) is 9.59 Å². The van der Waals surface area contributed by atoms with Gasteiger partial charge in [0.05, 0.1) is 5.69 Å². The summed E-state index contributed by atoms with van der Waals surface area (Å²) in [4.78, 5) is 24.3. The van der Waals surface area contributed by atoms with Crippen LogP contribution in [0.1, 0.15) is 5.76 Å². The van der Waals surface area contributed by atoms with Crippen molar-refractivity contribution in [3.63, 3.8) is 0 Å². The number of thioether (sulfide) groups is 1. The SMILES string of the molecule is CSc1ccccc1NC(=O)COC(=O)/C=C/c1ccc(Br)o1. The van der Waals surface area contributed by atoms with Crippen LogP contribution in [0, 0.1) is 0 Å². The predicted molar refractivity (Wildman–Crippen MR) is 93.3 cm³/mol. The van der Waals surface area contributed by atoms with Gasteiger partial charge in [-0.3, -0.25) is 4.79 Å². The molecular weight excluding hydrogens is 382 g/mol. The zero-order valence-electron chi connectivity index (χ0n) is 12.2. The number of halogens is 1. The van der Waals surface area contributed by atoms with Crippen LogP contribution >= 0.6 is 27.7 Å². The fourth-order valence-electron chi connectivity index (χ4n) is 1.69. The third-order valence-corrected chi connectivity index (χ3v) is 3.93. The van der Waals surface area contributed by atoms with Gasteiger partial charge in [-0.1, -0.05) is 12.1 Å². The van der Waals surface area contributed by atoms with Crippen LogP contribution in [0.15, 0.2) is 56.5 Å². The van der Waals surface area contributed by atoms with E-state index < -0.39 is 11.9 Å². The number of hydrogen-bond acceptors (Lipinski definition) is 5. The number of para-hydroxylation sites is 1. The maximum Gasteiger partial charge on any atom is 0.331 e. The van der Waals surface area contributed by atoms with Crippen molar-refractivity contribution >= 4 is 51.3 Å². The fourth-order valence-corrected chi connectivity index (χ4v) is 2.56. The Bertz CT molecular complexity index is 726. The highest BCUT2D eigenvalue weighted by molar-refractivity contribution is 9.10. The minimum atomic E-state index is -0.620. The van der Waals surface area contributed by atoms with E-state index in [2.05, 4.69) is 21.2 Å². The summed E-state index contributed by atoms with van der Waals surface area (Å²) in [5.41, 5.74) is 0.692. The Balaban J connectivity index is 1.82. The number of anilines is 1. The highest BCUT2D eigenvalue weighted by atomic mass is 79.9. The minimum Gasteiger partial charge on any atom is -0.452 e. The van der Waals surface area contributed by atoms with Crippen LogP contribution < -0.4 is 5.32 Å². The molecule has 0 spiro atoms. The zero-order valence-corrected chi connectivity index (χ0v) is 14.6. The molecule has 5 nitrogen and oxygen atoms in total. The standard InChI is InChI=1S/C16H14BrNO4S/c1-23-13-5-3-2-4-12(13)18-15(19)10-21-16(20)9-7-11-6-8-14(17)22-11/h2-9H,10H2,1H3,(H,18,19)/b9-7+. The number of nitrogens with one attached hydrogen (secondary N) is 1. The summed E-state index contributed by atoms with van der Waals surface area (Å²) >= 11 is 4.68. The second kappa shape index (κ2) is 8.59. The average molecular weight is 396 g/mol. The Morgan fingerprint density at radius 1 is 1.30 bits per heavy atom. The number of rotatable bonds is 6. The molecule has 2 aromatic rings. The monoisotopic (exact) mass is 395 g/mol. The van der Waals surface area contributed by atoms with Gasteiger partial charge in [-0.2, -0.15) is 0 Å². The third kappa shape index (κ3) is 5.61. The Kier molecular flexibility index (Phi) is 6.49. The quantitative estimate of drug-likeness (QED) is 0.455. The van der Waals surface area contributed by atoms with Crippen molar-refractivity contribution < 1.29 is 18.7 Å². The molecule has 23 heavy (non-hydrogen) atoms. The molecule has 1 amide bonds. The molecule has 0 aliphatic heterocycles. The molecular formula is C16H14BrNO4S. The van der Waals surface area contributed by atoms with E-state index in [1.165, 1.54) is 23.9 Å². The summed E-state index contributed by atoms with van der Waals surface area (Å²) in [6.07, 6.45) is 4.59. The first-order valence-electron chi connectivity index (χ1n) is 6.61. The molecule has 0 atom stereocenters. The van der Waals surface area contributed by atoms with Gasteiger partial charge in [-0.15, -0.1) is 11.8 Å². The first kappa shape index (κ1) is 17.4. The number of carbonyl (C=O) groups is 2. The Morgan fingerprint density at radius 2 is 2.09 bits per heavy atom. The molecule has 2 rings (SSSR count). The summed E-state index contributed by atoms with van der Waals surface area (Å²) in [6, 6.07) is 10.8. The van der Waals surface area contributed by atoms with Crippen molar-refractivity contribution in [3.05, 3.63) is 52.9 Å². The van der Waals surface area contributed by atoms with Gasteiger partial charge in [0.2, 0.25) is 0 Å². The lowest BCUT2D eigenvalue weighted by Crippen LogP contribution is -2.20. The molecule has 1 heterocycles. The molecule has 7 heteroatoms. The van der Waals surface area contributed by atoms with Gasteiger partial charge in [0.15, 0.2) is 11.3 Å². The van der Waals surface area contributed by atoms with Crippen molar-refractivity contribution in [2.24, 2.45) is 0 Å². The van der Waals surface area contributed by atoms with Gasteiger partial charge < -0.3 is 14.5 Å². The lowest BCUT2D eigenvalue weighted by atomic mass is 10.3. The number of ether oxygens (including phenoxy) is 1.